The molecule has 0 aliphatic rings. The molecule has 0 aromatic rings. The van der Waals surface area contributed by atoms with Crippen molar-refractivity contribution in [2.45, 2.75) is 50.6 Å². The molecule has 4 N–H and O–H groups in total. The van der Waals surface area contributed by atoms with E-state index < -0.39 is 23.0 Å². The quantitative estimate of drug-likeness (QED) is 0.296. The molecule has 122 valence electrons. The van der Waals surface area contributed by atoms with Crippen molar-refractivity contribution in [1.29, 1.82) is 10.5 Å². The molecule has 2 atom stereocenters. The van der Waals surface area contributed by atoms with Crippen LogP contribution in [0.4, 0.5) is 0 Å². The van der Waals surface area contributed by atoms with E-state index in [2.05, 4.69) is 10.2 Å². The lowest BCUT2D eigenvalue weighted by Crippen LogP contribution is -2.25. The summed E-state index contributed by atoms with van der Waals surface area (Å²) in [4.78, 5) is 21.0. The maximum atomic E-state index is 10.5. The third-order valence-corrected chi connectivity index (χ3v) is 2.62. The van der Waals surface area contributed by atoms with Crippen LogP contribution in [-0.4, -0.2) is 43.7 Å². The molecule has 22 heavy (non-hydrogen) atoms. The van der Waals surface area contributed by atoms with E-state index in [-0.39, 0.29) is 25.7 Å². The van der Waals surface area contributed by atoms with Crippen LogP contribution in [0.15, 0.2) is 10.2 Å². The number of hydrogen-bond acceptors (Lipinski definition) is 8. The van der Waals surface area contributed by atoms with Crippen LogP contribution in [0.1, 0.15) is 39.5 Å². The molecule has 0 fully saturated rings. The van der Waals surface area contributed by atoms with E-state index >= 15 is 0 Å². The number of carboxylic acid groups (broad SMARTS) is 2. The molecule has 10 heteroatoms. The Kier molecular flexibility index (Phi) is 10.1. The van der Waals surface area contributed by atoms with Crippen LogP contribution in [0.25, 0.3) is 0 Å². The molecule has 0 saturated carbocycles. The topological polar surface area (TPSA) is 187 Å². The first-order valence-corrected chi connectivity index (χ1v) is 6.06. The number of hydrogen-bond donors (Lipinski definition) is 4. The molecule has 0 radical (unpaired) electrons. The van der Waals surface area contributed by atoms with Gasteiger partial charge in [0.15, 0.2) is 11.1 Å². The van der Waals surface area contributed by atoms with Crippen LogP contribution in [0.5, 0.6) is 0 Å². The van der Waals surface area contributed by atoms with Crippen LogP contribution in [0.3, 0.4) is 0 Å². The van der Waals surface area contributed by atoms with Gasteiger partial charge in [-0.3, -0.25) is 20.1 Å². The molecule has 0 aromatic heterocycles. The summed E-state index contributed by atoms with van der Waals surface area (Å²) in [6.07, 6.45) is -0.575. The summed E-state index contributed by atoms with van der Waals surface area (Å²) < 4.78 is 0. The second kappa shape index (κ2) is 10.2. The van der Waals surface area contributed by atoms with Gasteiger partial charge in [-0.15, -0.1) is 0 Å². The molecule has 0 bridgehead atoms. The third-order valence-electron chi connectivity index (χ3n) is 2.62. The van der Waals surface area contributed by atoms with Gasteiger partial charge in [0.2, 0.25) is 0 Å². The van der Waals surface area contributed by atoms with Crippen molar-refractivity contribution in [2.24, 2.45) is 10.2 Å². The molecule has 0 spiro atoms. The first-order chi connectivity index (χ1) is 10.2. The van der Waals surface area contributed by atoms with Gasteiger partial charge >= 0.3 is 11.9 Å². The Hall–Kier alpha value is -2.56. The Morgan fingerprint density at radius 3 is 1.36 bits per heavy atom. The molecular weight excluding hydrogens is 296 g/mol. The van der Waals surface area contributed by atoms with Gasteiger partial charge < -0.3 is 10.2 Å². The predicted octanol–water partition coefficient (Wildman–Crippen LogP) is 1.75. The molecule has 10 nitrogen and oxygen atoms in total. The van der Waals surface area contributed by atoms with Crippen molar-refractivity contribution in [1.82, 2.24) is 0 Å². The number of nitrogens with zero attached hydrogens (tertiary/aromatic N) is 4. The van der Waals surface area contributed by atoms with E-state index in [9.17, 15) is 9.59 Å². The fourth-order valence-electron chi connectivity index (χ4n) is 1.18. The van der Waals surface area contributed by atoms with E-state index in [1.54, 1.807) is 0 Å². The second-order valence-corrected chi connectivity index (χ2v) is 4.76. The minimum absolute atomic E-state index is 0.0389. The number of aliphatic carboxylic acids is 2. The van der Waals surface area contributed by atoms with Crippen molar-refractivity contribution in [2.75, 3.05) is 0 Å². The average Bonchev–Trinajstić information content (AvgIpc) is 2.51. The molecule has 0 heterocycles. The van der Waals surface area contributed by atoms with E-state index in [0.29, 0.717) is 0 Å². The monoisotopic (exact) mass is 314 g/mol. The number of carbonyl (C=O) groups is 2. The summed E-state index contributed by atoms with van der Waals surface area (Å²) in [5.41, 5.74) is -2.69. The van der Waals surface area contributed by atoms with Crippen LogP contribution in [-0.2, 0) is 9.59 Å². The molecule has 2 unspecified atom stereocenters. The van der Waals surface area contributed by atoms with Crippen LogP contribution in [0, 0.1) is 22.7 Å². The molecule has 0 amide bonds. The van der Waals surface area contributed by atoms with Crippen molar-refractivity contribution in [3.63, 3.8) is 0 Å². The average molecular weight is 314 g/mol. The Morgan fingerprint density at radius 2 is 1.18 bits per heavy atom. The standard InChI is InChI=1S/C12H16N4O4.H2O2/c1-11(7-13,5-3-9(17)18)15-16-12(2,8-14)6-4-10(19)20;1-2/h3-6H2,1-2H3,(H,17,18)(H,19,20);1-2H. The van der Waals surface area contributed by atoms with Gasteiger partial charge in [0, 0.05) is 12.8 Å². The van der Waals surface area contributed by atoms with Gasteiger partial charge in [0.25, 0.3) is 0 Å². The van der Waals surface area contributed by atoms with Gasteiger partial charge in [-0.05, 0) is 26.7 Å². The lowest BCUT2D eigenvalue weighted by Gasteiger charge is -2.18. The van der Waals surface area contributed by atoms with Gasteiger partial charge in [0.1, 0.15) is 0 Å². The normalized spacial score (nSPS) is 15.4. The molecule has 0 rings (SSSR count). The van der Waals surface area contributed by atoms with Crippen LogP contribution < -0.4 is 0 Å². The minimum Gasteiger partial charge on any atom is -0.481 e. The Balaban J connectivity index is 0. The third kappa shape index (κ3) is 9.36. The summed E-state index contributed by atoms with van der Waals surface area (Å²) in [7, 11) is 0. The molecule has 0 saturated heterocycles. The summed E-state index contributed by atoms with van der Waals surface area (Å²) >= 11 is 0. The van der Waals surface area contributed by atoms with E-state index in [1.165, 1.54) is 13.8 Å². The van der Waals surface area contributed by atoms with Crippen LogP contribution in [0.2, 0.25) is 0 Å². The predicted molar refractivity (Wildman–Crippen MR) is 71.9 cm³/mol. The minimum atomic E-state index is -1.35. The Morgan fingerprint density at radius 1 is 0.909 bits per heavy atom. The SMILES string of the molecule is CC(C#N)(CCC(=O)O)N=NC(C)(C#N)CCC(=O)O.OO. The highest BCUT2D eigenvalue weighted by Crippen LogP contribution is 2.23. The Labute approximate surface area is 126 Å². The van der Waals surface area contributed by atoms with Crippen molar-refractivity contribution >= 4 is 11.9 Å². The fourth-order valence-corrected chi connectivity index (χ4v) is 1.18. The van der Waals surface area contributed by atoms with E-state index in [0.717, 1.165) is 0 Å². The van der Waals surface area contributed by atoms with Gasteiger partial charge in [-0.1, -0.05) is 0 Å². The van der Waals surface area contributed by atoms with Gasteiger partial charge in [0.05, 0.1) is 12.1 Å². The summed E-state index contributed by atoms with van der Waals surface area (Å²) in [5, 5.41) is 54.7. The number of rotatable bonds is 8. The highest BCUT2D eigenvalue weighted by Gasteiger charge is 2.29. The van der Waals surface area contributed by atoms with Gasteiger partial charge in [-0.2, -0.15) is 20.8 Å². The Bertz CT molecular complexity index is 451. The summed E-state index contributed by atoms with van der Waals surface area (Å²) in [5.74, 6) is -2.12. The zero-order valence-electron chi connectivity index (χ0n) is 12.2. The first kappa shape index (κ1) is 21.7. The summed E-state index contributed by atoms with van der Waals surface area (Å²) in [6, 6.07) is 3.69. The molecule has 0 aliphatic heterocycles. The maximum absolute atomic E-state index is 10.5. The van der Waals surface area contributed by atoms with Crippen molar-refractivity contribution in [3.05, 3.63) is 0 Å². The van der Waals surface area contributed by atoms with Crippen molar-refractivity contribution < 1.29 is 30.3 Å². The smallest absolute Gasteiger partial charge is 0.303 e. The van der Waals surface area contributed by atoms with Gasteiger partial charge in [-0.25, -0.2) is 0 Å². The first-order valence-electron chi connectivity index (χ1n) is 6.06. The molecule has 0 aromatic carbocycles. The highest BCUT2D eigenvalue weighted by molar-refractivity contribution is 5.67. The zero-order chi connectivity index (χ0) is 17.8. The van der Waals surface area contributed by atoms with E-state index in [4.69, 9.17) is 31.3 Å². The lowest BCUT2D eigenvalue weighted by atomic mass is 9.97. The largest absolute Gasteiger partial charge is 0.481 e. The molecule has 0 aliphatic carbocycles. The van der Waals surface area contributed by atoms with Crippen LogP contribution >= 0.6 is 0 Å². The number of azo groups is 1. The number of nitriles is 2. The van der Waals surface area contributed by atoms with Crippen molar-refractivity contribution in [3.8, 4) is 12.1 Å². The molecular formula is C12H18N4O6. The maximum Gasteiger partial charge on any atom is 0.303 e. The number of carboxylic acids is 2. The summed E-state index contributed by atoms with van der Waals surface area (Å²) in [6.45, 7) is 2.82. The second-order valence-electron chi connectivity index (χ2n) is 4.76. The fraction of sp³-hybridized carbons (Fsp3) is 0.667. The van der Waals surface area contributed by atoms with E-state index in [1.807, 2.05) is 12.1 Å². The zero-order valence-corrected chi connectivity index (χ0v) is 12.2. The lowest BCUT2D eigenvalue weighted by molar-refractivity contribution is -0.176. The highest BCUT2D eigenvalue weighted by atomic mass is 17.0.